The molecule has 0 unspecified atom stereocenters. The summed E-state index contributed by atoms with van der Waals surface area (Å²) in [5.41, 5.74) is 0. The molecular formula is C38H52O5. The highest BCUT2D eigenvalue weighted by Crippen LogP contribution is 2.56. The van der Waals surface area contributed by atoms with E-state index in [1.54, 1.807) is 0 Å². The lowest BCUT2D eigenvalue weighted by Crippen LogP contribution is -2.10. The second kappa shape index (κ2) is 17.1. The number of unbranched alkanes of at least 4 members (excludes halogenated alkanes) is 5. The van der Waals surface area contributed by atoms with Gasteiger partial charge in [-0.25, -0.2) is 0 Å². The molecule has 0 aromatic heterocycles. The smallest absolute Gasteiger partial charge is 0.208 e. The zero-order valence-electron chi connectivity index (χ0n) is 27.2. The predicted molar refractivity (Wildman–Crippen MR) is 181 cm³/mol. The van der Waals surface area contributed by atoms with Crippen LogP contribution in [0, 0.1) is 0 Å². The lowest BCUT2D eigenvalue weighted by Gasteiger charge is -2.25. The Kier molecular flexibility index (Phi) is 12.9. The Balaban J connectivity index is 2.19. The van der Waals surface area contributed by atoms with Crippen LogP contribution in [0.15, 0.2) is 42.5 Å². The van der Waals surface area contributed by atoms with Gasteiger partial charge in [0.1, 0.15) is 5.75 Å². The average molecular weight is 589 g/mol. The number of ether oxygens (including phenoxy) is 5. The Morgan fingerprint density at radius 2 is 0.767 bits per heavy atom. The standard InChI is InChI=1S/C38H52O5/c1-6-11-23-39-31-22-18-21-29-28-19-16-17-20-30(28)33-34(32(29)31)36(41-25-13-8-3)38(43-27-15-10-5)37(42-26-14-9-4)35(33)40-24-12-7-2/h16-22H,6-15,23-27H2,1-5H3. The predicted octanol–water partition coefficient (Wildman–Crippen LogP) is 11.0. The van der Waals surface area contributed by atoms with Crippen molar-refractivity contribution < 1.29 is 23.7 Å². The van der Waals surface area contributed by atoms with Gasteiger partial charge in [-0.15, -0.1) is 0 Å². The minimum Gasteiger partial charge on any atom is -0.493 e. The normalized spacial score (nSPS) is 11.4. The van der Waals surface area contributed by atoms with Crippen molar-refractivity contribution in [2.75, 3.05) is 33.0 Å². The SMILES string of the molecule is CCCCOc1c(OCCCC)c(OCCCC)c2c3c(OCCCC)cccc3c3ccccc3c2c1OCCCC. The number of hydrogen-bond donors (Lipinski definition) is 0. The maximum absolute atomic E-state index is 6.77. The van der Waals surface area contributed by atoms with Crippen LogP contribution in [0.4, 0.5) is 0 Å². The minimum absolute atomic E-state index is 0.579. The molecule has 0 saturated carbocycles. The topological polar surface area (TPSA) is 46.2 Å². The minimum atomic E-state index is 0.579. The Morgan fingerprint density at radius 3 is 1.28 bits per heavy atom. The Labute approximate surface area is 258 Å². The first-order valence-corrected chi connectivity index (χ1v) is 16.8. The number of fused-ring (bicyclic) bond motifs is 6. The summed E-state index contributed by atoms with van der Waals surface area (Å²) in [6.45, 7) is 13.9. The van der Waals surface area contributed by atoms with Gasteiger partial charge in [-0.3, -0.25) is 0 Å². The largest absolute Gasteiger partial charge is 0.493 e. The molecule has 0 saturated heterocycles. The van der Waals surface area contributed by atoms with E-state index in [9.17, 15) is 0 Å². The van der Waals surface area contributed by atoms with Gasteiger partial charge in [-0.2, -0.15) is 0 Å². The van der Waals surface area contributed by atoms with Crippen molar-refractivity contribution in [2.24, 2.45) is 0 Å². The van der Waals surface area contributed by atoms with Crippen molar-refractivity contribution in [3.05, 3.63) is 42.5 Å². The van der Waals surface area contributed by atoms with Gasteiger partial charge in [0.15, 0.2) is 11.5 Å². The van der Waals surface area contributed by atoms with Gasteiger partial charge in [0, 0.05) is 16.2 Å². The summed E-state index contributed by atoms with van der Waals surface area (Å²) >= 11 is 0. The quantitative estimate of drug-likeness (QED) is 0.0759. The number of rotatable bonds is 20. The maximum atomic E-state index is 6.77. The van der Waals surface area contributed by atoms with Crippen LogP contribution in [0.25, 0.3) is 32.3 Å². The van der Waals surface area contributed by atoms with E-state index in [4.69, 9.17) is 23.7 Å². The van der Waals surface area contributed by atoms with Gasteiger partial charge in [-0.05, 0) is 54.3 Å². The summed E-state index contributed by atoms with van der Waals surface area (Å²) in [6.07, 6.45) is 10.0. The average Bonchev–Trinajstić information content (AvgIpc) is 3.03. The molecule has 0 aliphatic rings. The molecule has 0 N–H and O–H groups in total. The summed E-state index contributed by atoms with van der Waals surface area (Å²) in [5.74, 6) is 3.65. The van der Waals surface area contributed by atoms with Crippen molar-refractivity contribution in [2.45, 2.75) is 98.8 Å². The van der Waals surface area contributed by atoms with Crippen molar-refractivity contribution in [3.63, 3.8) is 0 Å². The highest BCUT2D eigenvalue weighted by atomic mass is 16.6. The molecule has 4 aromatic rings. The molecule has 0 fully saturated rings. The third-order valence-electron chi connectivity index (χ3n) is 7.82. The van der Waals surface area contributed by atoms with Gasteiger partial charge < -0.3 is 23.7 Å². The van der Waals surface area contributed by atoms with Crippen LogP contribution in [0.5, 0.6) is 28.7 Å². The fourth-order valence-corrected chi connectivity index (χ4v) is 5.36. The highest BCUT2D eigenvalue weighted by Gasteiger charge is 2.29. The van der Waals surface area contributed by atoms with Crippen LogP contribution in [0.2, 0.25) is 0 Å². The van der Waals surface area contributed by atoms with Crippen molar-refractivity contribution in [1.82, 2.24) is 0 Å². The summed E-state index contributed by atoms with van der Waals surface area (Å²) < 4.78 is 33.3. The highest BCUT2D eigenvalue weighted by molar-refractivity contribution is 6.30. The molecule has 0 heterocycles. The second-order valence-corrected chi connectivity index (χ2v) is 11.3. The molecule has 43 heavy (non-hydrogen) atoms. The van der Waals surface area contributed by atoms with E-state index in [1.165, 1.54) is 0 Å². The Bertz CT molecular complexity index is 1440. The van der Waals surface area contributed by atoms with E-state index < -0.39 is 0 Å². The maximum Gasteiger partial charge on any atom is 0.208 e. The molecule has 0 aliphatic carbocycles. The van der Waals surface area contributed by atoms with Crippen LogP contribution in [-0.2, 0) is 0 Å². The van der Waals surface area contributed by atoms with E-state index in [-0.39, 0.29) is 0 Å². The molecule has 0 radical (unpaired) electrons. The molecular weight excluding hydrogens is 536 g/mol. The monoisotopic (exact) mass is 588 g/mol. The lowest BCUT2D eigenvalue weighted by atomic mass is 9.92. The number of benzene rings is 4. The van der Waals surface area contributed by atoms with Crippen LogP contribution in [-0.4, -0.2) is 33.0 Å². The molecule has 0 amide bonds. The first-order valence-electron chi connectivity index (χ1n) is 16.8. The summed E-state index contributed by atoms with van der Waals surface area (Å²) in [7, 11) is 0. The van der Waals surface area contributed by atoms with E-state index in [1.807, 2.05) is 0 Å². The van der Waals surface area contributed by atoms with E-state index in [2.05, 4.69) is 77.1 Å². The first-order chi connectivity index (χ1) is 21.2. The lowest BCUT2D eigenvalue weighted by molar-refractivity contribution is 0.225. The Morgan fingerprint density at radius 1 is 0.372 bits per heavy atom. The van der Waals surface area contributed by atoms with Gasteiger partial charge in [-0.1, -0.05) is 103 Å². The van der Waals surface area contributed by atoms with Gasteiger partial charge in [0.25, 0.3) is 0 Å². The molecule has 0 aliphatic heterocycles. The zero-order chi connectivity index (χ0) is 30.4. The van der Waals surface area contributed by atoms with Crippen LogP contribution in [0.3, 0.4) is 0 Å². The van der Waals surface area contributed by atoms with Crippen LogP contribution in [0.1, 0.15) is 98.8 Å². The molecule has 0 bridgehead atoms. The van der Waals surface area contributed by atoms with Gasteiger partial charge in [0.2, 0.25) is 11.5 Å². The fraction of sp³-hybridized carbons (Fsp3) is 0.526. The first kappa shape index (κ1) is 32.6. The fourth-order valence-electron chi connectivity index (χ4n) is 5.36. The molecule has 234 valence electrons. The summed E-state index contributed by atoms with van der Waals surface area (Å²) in [4.78, 5) is 0. The van der Waals surface area contributed by atoms with Crippen molar-refractivity contribution >= 4 is 32.3 Å². The third kappa shape index (κ3) is 7.60. The molecule has 0 spiro atoms. The van der Waals surface area contributed by atoms with Crippen LogP contribution >= 0.6 is 0 Å². The van der Waals surface area contributed by atoms with Crippen LogP contribution < -0.4 is 23.7 Å². The van der Waals surface area contributed by atoms with Crippen molar-refractivity contribution in [3.8, 4) is 28.7 Å². The summed E-state index contributed by atoms with van der Waals surface area (Å²) in [6, 6.07) is 15.0. The molecule has 0 atom stereocenters. The second-order valence-electron chi connectivity index (χ2n) is 11.3. The van der Waals surface area contributed by atoms with E-state index >= 15 is 0 Å². The molecule has 4 aromatic carbocycles. The molecule has 5 heteroatoms. The van der Waals surface area contributed by atoms with Gasteiger partial charge in [0.05, 0.1) is 33.0 Å². The van der Waals surface area contributed by atoms with Gasteiger partial charge >= 0.3 is 0 Å². The Hall–Kier alpha value is -3.34. The molecule has 4 rings (SSSR count). The summed E-state index contributed by atoms with van der Waals surface area (Å²) in [5, 5.41) is 6.44. The van der Waals surface area contributed by atoms with E-state index in [0.717, 1.165) is 114 Å². The molecule has 5 nitrogen and oxygen atoms in total. The zero-order valence-corrected chi connectivity index (χ0v) is 27.2. The van der Waals surface area contributed by atoms with Crippen molar-refractivity contribution in [1.29, 1.82) is 0 Å². The number of hydrogen-bond acceptors (Lipinski definition) is 5. The van der Waals surface area contributed by atoms with E-state index in [0.29, 0.717) is 44.5 Å². The third-order valence-corrected chi connectivity index (χ3v) is 7.82.